The molecule has 0 atom stereocenters. The lowest BCUT2D eigenvalue weighted by Crippen LogP contribution is -2.37. The van der Waals surface area contributed by atoms with Gasteiger partial charge in [-0.3, -0.25) is 0 Å². The van der Waals surface area contributed by atoms with Crippen LogP contribution in [0.1, 0.15) is 33.1 Å². The molecule has 0 aromatic heterocycles. The third-order valence-electron chi connectivity index (χ3n) is 2.84. The van der Waals surface area contributed by atoms with E-state index in [2.05, 4.69) is 31.4 Å². The van der Waals surface area contributed by atoms with Crippen LogP contribution in [0.25, 0.3) is 0 Å². The summed E-state index contributed by atoms with van der Waals surface area (Å²) >= 11 is 4.23. The molecule has 2 heteroatoms. The van der Waals surface area contributed by atoms with E-state index in [0.717, 1.165) is 5.75 Å². The van der Waals surface area contributed by atoms with E-state index >= 15 is 0 Å². The molecule has 1 heterocycles. The first kappa shape index (κ1) is 10.4. The highest BCUT2D eigenvalue weighted by atomic mass is 32.1. The number of likely N-dealkylation sites (tertiary alicyclic amines) is 1. The minimum atomic E-state index is 0.595. The zero-order valence-electron chi connectivity index (χ0n) is 8.34. The molecular weight excluding hydrogens is 166 g/mol. The van der Waals surface area contributed by atoms with Crippen LogP contribution in [0.2, 0.25) is 0 Å². The van der Waals surface area contributed by atoms with Gasteiger partial charge in [0.1, 0.15) is 0 Å². The van der Waals surface area contributed by atoms with Gasteiger partial charge in [0, 0.05) is 0 Å². The summed E-state index contributed by atoms with van der Waals surface area (Å²) < 4.78 is 0. The molecule has 1 nitrogen and oxygen atoms in total. The SMILES string of the molecule is CC1(C)CCN(CCCS)CC1. The fourth-order valence-electron chi connectivity index (χ4n) is 1.68. The highest BCUT2D eigenvalue weighted by molar-refractivity contribution is 7.80. The van der Waals surface area contributed by atoms with Crippen molar-refractivity contribution < 1.29 is 0 Å². The Morgan fingerprint density at radius 2 is 1.83 bits per heavy atom. The van der Waals surface area contributed by atoms with Crippen LogP contribution in [0.5, 0.6) is 0 Å². The highest BCUT2D eigenvalue weighted by Crippen LogP contribution is 2.29. The first-order valence-electron chi connectivity index (χ1n) is 4.97. The van der Waals surface area contributed by atoms with Crippen LogP contribution in [0, 0.1) is 5.41 Å². The maximum absolute atomic E-state index is 4.23. The van der Waals surface area contributed by atoms with E-state index in [1.807, 2.05) is 0 Å². The normalized spacial score (nSPS) is 24.2. The Balaban J connectivity index is 2.18. The van der Waals surface area contributed by atoms with Gasteiger partial charge in [0.2, 0.25) is 0 Å². The number of hydrogen-bond donors (Lipinski definition) is 1. The van der Waals surface area contributed by atoms with Crippen molar-refractivity contribution >= 4 is 12.6 Å². The smallest absolute Gasteiger partial charge is 0.00110 e. The zero-order chi connectivity index (χ0) is 9.03. The van der Waals surface area contributed by atoms with Crippen LogP contribution >= 0.6 is 12.6 Å². The Morgan fingerprint density at radius 1 is 1.25 bits per heavy atom. The van der Waals surface area contributed by atoms with Crippen molar-refractivity contribution in [1.82, 2.24) is 4.90 Å². The number of hydrogen-bond acceptors (Lipinski definition) is 2. The summed E-state index contributed by atoms with van der Waals surface area (Å²) in [5.41, 5.74) is 0.595. The average Bonchev–Trinajstić information content (AvgIpc) is 2.03. The second kappa shape index (κ2) is 4.52. The Labute approximate surface area is 81.9 Å². The van der Waals surface area contributed by atoms with Crippen LogP contribution < -0.4 is 0 Å². The van der Waals surface area contributed by atoms with E-state index < -0.39 is 0 Å². The van der Waals surface area contributed by atoms with Gasteiger partial charge in [0.05, 0.1) is 0 Å². The standard InChI is InChI=1S/C10H21NS/c1-10(2)4-7-11(8-5-10)6-3-9-12/h12H,3-9H2,1-2H3. The summed E-state index contributed by atoms with van der Waals surface area (Å²) in [6.07, 6.45) is 3.96. The number of piperidine rings is 1. The zero-order valence-corrected chi connectivity index (χ0v) is 9.24. The lowest BCUT2D eigenvalue weighted by molar-refractivity contribution is 0.133. The monoisotopic (exact) mass is 187 g/mol. The fourth-order valence-corrected chi connectivity index (χ4v) is 1.82. The highest BCUT2D eigenvalue weighted by Gasteiger charge is 2.24. The molecule has 0 aromatic carbocycles. The van der Waals surface area contributed by atoms with Gasteiger partial charge in [-0.2, -0.15) is 12.6 Å². The minimum Gasteiger partial charge on any atom is -0.303 e. The Hall–Kier alpha value is 0.310. The fraction of sp³-hybridized carbons (Fsp3) is 1.00. The Kier molecular flexibility index (Phi) is 3.91. The first-order valence-corrected chi connectivity index (χ1v) is 5.60. The topological polar surface area (TPSA) is 3.24 Å². The summed E-state index contributed by atoms with van der Waals surface area (Å²) in [5, 5.41) is 0. The lowest BCUT2D eigenvalue weighted by atomic mass is 9.83. The van der Waals surface area contributed by atoms with Gasteiger partial charge in [-0.25, -0.2) is 0 Å². The maximum atomic E-state index is 4.23. The van der Waals surface area contributed by atoms with E-state index in [4.69, 9.17) is 0 Å². The molecule has 12 heavy (non-hydrogen) atoms. The molecule has 0 radical (unpaired) electrons. The third kappa shape index (κ3) is 3.36. The molecule has 1 rings (SSSR count). The summed E-state index contributed by atoms with van der Waals surface area (Å²) in [4.78, 5) is 2.57. The second-order valence-electron chi connectivity index (χ2n) is 4.58. The van der Waals surface area contributed by atoms with Crippen LogP contribution in [0.4, 0.5) is 0 Å². The van der Waals surface area contributed by atoms with Crippen molar-refractivity contribution in [1.29, 1.82) is 0 Å². The first-order chi connectivity index (χ1) is 5.64. The van der Waals surface area contributed by atoms with Crippen LogP contribution in [0.15, 0.2) is 0 Å². The molecule has 72 valence electrons. The molecule has 0 amide bonds. The van der Waals surface area contributed by atoms with E-state index in [1.165, 1.54) is 38.9 Å². The van der Waals surface area contributed by atoms with Crippen molar-refractivity contribution in [3.63, 3.8) is 0 Å². The van der Waals surface area contributed by atoms with Gasteiger partial charge in [-0.15, -0.1) is 0 Å². The van der Waals surface area contributed by atoms with E-state index in [9.17, 15) is 0 Å². The van der Waals surface area contributed by atoms with Gasteiger partial charge in [0.15, 0.2) is 0 Å². The number of thiol groups is 1. The molecular formula is C10H21NS. The quantitative estimate of drug-likeness (QED) is 0.664. The summed E-state index contributed by atoms with van der Waals surface area (Å²) in [6.45, 7) is 8.59. The van der Waals surface area contributed by atoms with E-state index in [-0.39, 0.29) is 0 Å². The lowest BCUT2D eigenvalue weighted by Gasteiger charge is -2.36. The molecule has 0 bridgehead atoms. The predicted octanol–water partition coefficient (Wildman–Crippen LogP) is 2.43. The molecule has 0 N–H and O–H groups in total. The molecule has 1 aliphatic heterocycles. The second-order valence-corrected chi connectivity index (χ2v) is 5.03. The Morgan fingerprint density at radius 3 is 2.33 bits per heavy atom. The van der Waals surface area contributed by atoms with E-state index in [0.29, 0.717) is 5.41 Å². The van der Waals surface area contributed by atoms with Gasteiger partial charge >= 0.3 is 0 Å². The number of nitrogens with zero attached hydrogens (tertiary/aromatic N) is 1. The van der Waals surface area contributed by atoms with Crippen LogP contribution in [0.3, 0.4) is 0 Å². The van der Waals surface area contributed by atoms with Crippen LogP contribution in [-0.2, 0) is 0 Å². The molecule has 1 aliphatic rings. The molecule has 0 unspecified atom stereocenters. The maximum Gasteiger partial charge on any atom is -0.00110 e. The summed E-state index contributed by atoms with van der Waals surface area (Å²) in [5.74, 6) is 1.03. The molecule has 0 aliphatic carbocycles. The van der Waals surface area contributed by atoms with Crippen molar-refractivity contribution in [2.75, 3.05) is 25.4 Å². The van der Waals surface area contributed by atoms with Gasteiger partial charge in [0.25, 0.3) is 0 Å². The van der Waals surface area contributed by atoms with Gasteiger partial charge in [-0.05, 0) is 50.1 Å². The minimum absolute atomic E-state index is 0.595. The van der Waals surface area contributed by atoms with Crippen molar-refractivity contribution in [3.8, 4) is 0 Å². The van der Waals surface area contributed by atoms with Gasteiger partial charge < -0.3 is 4.90 Å². The van der Waals surface area contributed by atoms with Crippen molar-refractivity contribution in [2.24, 2.45) is 5.41 Å². The molecule has 1 fully saturated rings. The van der Waals surface area contributed by atoms with E-state index in [1.54, 1.807) is 0 Å². The molecule has 0 saturated carbocycles. The summed E-state index contributed by atoms with van der Waals surface area (Å²) in [6, 6.07) is 0. The largest absolute Gasteiger partial charge is 0.303 e. The number of rotatable bonds is 3. The predicted molar refractivity (Wildman–Crippen MR) is 57.9 cm³/mol. The molecule has 0 aromatic rings. The molecule has 1 saturated heterocycles. The van der Waals surface area contributed by atoms with Gasteiger partial charge in [-0.1, -0.05) is 13.8 Å². The average molecular weight is 187 g/mol. The van der Waals surface area contributed by atoms with Crippen molar-refractivity contribution in [3.05, 3.63) is 0 Å². The Bertz CT molecular complexity index is 124. The molecule has 0 spiro atoms. The van der Waals surface area contributed by atoms with Crippen LogP contribution in [-0.4, -0.2) is 30.3 Å². The third-order valence-corrected chi connectivity index (χ3v) is 3.16. The van der Waals surface area contributed by atoms with Crippen molar-refractivity contribution in [2.45, 2.75) is 33.1 Å². The summed E-state index contributed by atoms with van der Waals surface area (Å²) in [7, 11) is 0.